The first-order valence-corrected chi connectivity index (χ1v) is 7.14. The van der Waals surface area contributed by atoms with Crippen molar-refractivity contribution >= 4 is 16.6 Å². The number of nitrogens with one attached hydrogen (secondary N) is 1. The molecular weight excluding hydrogens is 250 g/mol. The number of hydrogen-bond donors (Lipinski definition) is 1. The van der Waals surface area contributed by atoms with Gasteiger partial charge in [0.25, 0.3) is 0 Å². The van der Waals surface area contributed by atoms with Gasteiger partial charge in [-0.2, -0.15) is 0 Å². The number of rotatable bonds is 1. The molecule has 0 saturated carbocycles. The molecule has 0 radical (unpaired) electrons. The van der Waals surface area contributed by atoms with Gasteiger partial charge in [-0.05, 0) is 32.2 Å². The van der Waals surface area contributed by atoms with Crippen LogP contribution in [0.4, 0.5) is 0 Å². The van der Waals surface area contributed by atoms with Gasteiger partial charge in [0.15, 0.2) is 0 Å². The fraction of sp³-hybridized carbons (Fsp3) is 0.467. The molecule has 2 atom stereocenters. The van der Waals surface area contributed by atoms with E-state index in [1.54, 1.807) is 6.33 Å². The van der Waals surface area contributed by atoms with E-state index in [-0.39, 0.29) is 0 Å². The van der Waals surface area contributed by atoms with Crippen LogP contribution in [0.15, 0.2) is 24.7 Å². The summed E-state index contributed by atoms with van der Waals surface area (Å²) in [6.45, 7) is 2.25. The Hall–Kier alpha value is -1.72. The molecule has 2 aromatic rings. The number of H-pyrrole nitrogens is 1. The Morgan fingerprint density at radius 2 is 2.05 bits per heavy atom. The van der Waals surface area contributed by atoms with Gasteiger partial charge in [0.05, 0.1) is 11.7 Å². The molecule has 2 aromatic heterocycles. The van der Waals surface area contributed by atoms with Crippen LogP contribution in [0.2, 0.25) is 0 Å². The Balaban J connectivity index is 1.81. The summed E-state index contributed by atoms with van der Waals surface area (Å²) >= 11 is 0. The molecule has 1 aliphatic heterocycles. The van der Waals surface area contributed by atoms with Crippen LogP contribution < -0.4 is 0 Å². The average molecular weight is 269 g/mol. The van der Waals surface area contributed by atoms with Gasteiger partial charge in [-0.15, -0.1) is 0 Å². The first kappa shape index (κ1) is 12.1. The number of nitrogens with zero attached hydrogens (tertiary/aromatic N) is 4. The van der Waals surface area contributed by atoms with E-state index >= 15 is 0 Å². The number of hydrogen-bond acceptors (Lipinski definition) is 4. The van der Waals surface area contributed by atoms with Crippen LogP contribution in [0.25, 0.3) is 16.6 Å². The summed E-state index contributed by atoms with van der Waals surface area (Å²) in [5.41, 5.74) is 3.37. The number of aromatic amines is 1. The predicted octanol–water partition coefficient (Wildman–Crippen LogP) is 1.36. The lowest BCUT2D eigenvalue weighted by Gasteiger charge is -2.42. The Kier molecular flexibility index (Phi) is 2.65. The molecule has 104 valence electrons. The Bertz CT molecular complexity index is 674. The summed E-state index contributed by atoms with van der Waals surface area (Å²) in [5, 5.41) is 1.13. The van der Waals surface area contributed by atoms with E-state index in [1.807, 2.05) is 6.20 Å². The highest BCUT2D eigenvalue weighted by Crippen LogP contribution is 2.37. The third-order valence-corrected chi connectivity index (χ3v) is 4.74. The van der Waals surface area contributed by atoms with Gasteiger partial charge >= 0.3 is 0 Å². The molecule has 0 bridgehead atoms. The van der Waals surface area contributed by atoms with Crippen LogP contribution in [-0.2, 0) is 0 Å². The molecule has 20 heavy (non-hydrogen) atoms. The zero-order chi connectivity index (χ0) is 13.7. The normalized spacial score (nSPS) is 27.8. The fourth-order valence-electron chi connectivity index (χ4n) is 3.62. The van der Waals surface area contributed by atoms with Crippen LogP contribution in [-0.4, -0.2) is 64.0 Å². The van der Waals surface area contributed by atoms with E-state index in [0.29, 0.717) is 12.1 Å². The van der Waals surface area contributed by atoms with Gasteiger partial charge in [0.1, 0.15) is 12.0 Å². The molecule has 4 rings (SSSR count). The second-order valence-corrected chi connectivity index (χ2v) is 5.83. The molecule has 1 fully saturated rings. The maximum Gasteiger partial charge on any atom is 0.141 e. The molecule has 1 N–H and O–H groups in total. The third kappa shape index (κ3) is 1.63. The fourth-order valence-corrected chi connectivity index (χ4v) is 3.62. The van der Waals surface area contributed by atoms with E-state index in [1.165, 1.54) is 5.57 Å². The minimum Gasteiger partial charge on any atom is -0.346 e. The maximum absolute atomic E-state index is 4.57. The van der Waals surface area contributed by atoms with Gasteiger partial charge in [-0.3, -0.25) is 9.80 Å². The minimum atomic E-state index is 0.446. The summed E-state index contributed by atoms with van der Waals surface area (Å²) in [6, 6.07) is 3.10. The van der Waals surface area contributed by atoms with E-state index in [0.717, 1.165) is 36.2 Å². The minimum absolute atomic E-state index is 0.446. The molecule has 1 saturated heterocycles. The monoisotopic (exact) mass is 269 g/mol. The van der Waals surface area contributed by atoms with Gasteiger partial charge < -0.3 is 4.98 Å². The first-order valence-electron chi connectivity index (χ1n) is 7.14. The van der Waals surface area contributed by atoms with Gasteiger partial charge in [-0.1, -0.05) is 6.08 Å². The Morgan fingerprint density at radius 3 is 2.95 bits per heavy atom. The van der Waals surface area contributed by atoms with Gasteiger partial charge in [-0.25, -0.2) is 9.97 Å². The van der Waals surface area contributed by atoms with E-state index in [9.17, 15) is 0 Å². The number of aromatic nitrogens is 3. The van der Waals surface area contributed by atoms with E-state index in [2.05, 4.69) is 51.0 Å². The number of piperazine rings is 1. The van der Waals surface area contributed by atoms with Gasteiger partial charge in [0, 0.05) is 30.7 Å². The van der Waals surface area contributed by atoms with Crippen molar-refractivity contribution < 1.29 is 0 Å². The average Bonchev–Trinajstić information content (AvgIpc) is 3.09. The molecule has 0 amide bonds. The quantitative estimate of drug-likeness (QED) is 0.849. The van der Waals surface area contributed by atoms with Crippen molar-refractivity contribution in [3.8, 4) is 0 Å². The third-order valence-electron chi connectivity index (χ3n) is 4.74. The van der Waals surface area contributed by atoms with Crippen LogP contribution in [0, 0.1) is 0 Å². The molecular formula is C15H19N5. The number of fused-ring (bicyclic) bond motifs is 2. The molecule has 0 spiro atoms. The molecule has 2 unspecified atom stereocenters. The lowest BCUT2D eigenvalue weighted by molar-refractivity contribution is 0.0901. The second-order valence-electron chi connectivity index (χ2n) is 5.83. The van der Waals surface area contributed by atoms with Crippen molar-refractivity contribution in [1.29, 1.82) is 0 Å². The molecule has 2 aliphatic rings. The maximum atomic E-state index is 4.57. The van der Waals surface area contributed by atoms with Gasteiger partial charge in [0.2, 0.25) is 0 Å². The first-order chi connectivity index (χ1) is 9.75. The standard InChI is InChI=1S/C15H19N5/c1-19-7-8-20(2)14-10(3-4-12(14)19)13-11-5-6-16-15(11)18-9-17-13/h3,5-6,9,12,14H,4,7-8H2,1-2H3,(H,16,17,18). The SMILES string of the molecule is CN1CCN(C)C2C(c3ncnc4[nH]ccc34)=CCC21. The lowest BCUT2D eigenvalue weighted by Crippen LogP contribution is -2.55. The summed E-state index contributed by atoms with van der Waals surface area (Å²) < 4.78 is 0. The van der Waals surface area contributed by atoms with E-state index < -0.39 is 0 Å². The van der Waals surface area contributed by atoms with Crippen LogP contribution in [0.1, 0.15) is 12.1 Å². The number of likely N-dealkylation sites (N-methyl/N-ethyl adjacent to an activating group) is 2. The molecule has 0 aromatic carbocycles. The van der Waals surface area contributed by atoms with Crippen LogP contribution >= 0.6 is 0 Å². The van der Waals surface area contributed by atoms with Crippen LogP contribution in [0.3, 0.4) is 0 Å². The lowest BCUT2D eigenvalue weighted by atomic mass is 9.97. The second kappa shape index (κ2) is 4.40. The van der Waals surface area contributed by atoms with Crippen molar-refractivity contribution in [2.75, 3.05) is 27.2 Å². The Labute approximate surface area is 118 Å². The summed E-state index contributed by atoms with van der Waals surface area (Å²) in [7, 11) is 4.45. The zero-order valence-corrected chi connectivity index (χ0v) is 11.9. The van der Waals surface area contributed by atoms with E-state index in [4.69, 9.17) is 0 Å². The zero-order valence-electron chi connectivity index (χ0n) is 11.9. The summed E-state index contributed by atoms with van der Waals surface area (Å²) in [5.74, 6) is 0. The van der Waals surface area contributed by atoms with Crippen molar-refractivity contribution in [2.45, 2.75) is 18.5 Å². The summed E-state index contributed by atoms with van der Waals surface area (Å²) in [6.07, 6.45) is 7.07. The largest absolute Gasteiger partial charge is 0.346 e. The van der Waals surface area contributed by atoms with Crippen LogP contribution in [0.5, 0.6) is 0 Å². The molecule has 1 aliphatic carbocycles. The van der Waals surface area contributed by atoms with Crippen molar-refractivity contribution in [3.63, 3.8) is 0 Å². The van der Waals surface area contributed by atoms with Crippen molar-refractivity contribution in [1.82, 2.24) is 24.8 Å². The Morgan fingerprint density at radius 1 is 1.20 bits per heavy atom. The summed E-state index contributed by atoms with van der Waals surface area (Å²) in [4.78, 5) is 17.0. The molecule has 5 nitrogen and oxygen atoms in total. The van der Waals surface area contributed by atoms with Crippen molar-refractivity contribution in [3.05, 3.63) is 30.4 Å². The highest BCUT2D eigenvalue weighted by molar-refractivity contribution is 5.90. The highest BCUT2D eigenvalue weighted by Gasteiger charge is 2.39. The predicted molar refractivity (Wildman–Crippen MR) is 79.3 cm³/mol. The molecule has 5 heteroatoms. The van der Waals surface area contributed by atoms with Crippen molar-refractivity contribution in [2.24, 2.45) is 0 Å². The molecule has 3 heterocycles. The smallest absolute Gasteiger partial charge is 0.141 e. The highest BCUT2D eigenvalue weighted by atomic mass is 15.3. The topological polar surface area (TPSA) is 48.1 Å².